The first kappa shape index (κ1) is 19.1. The summed E-state index contributed by atoms with van der Waals surface area (Å²) >= 11 is 1.31. The van der Waals surface area contributed by atoms with Gasteiger partial charge in [-0.3, -0.25) is 0 Å². The normalized spacial score (nSPS) is 11.1. The highest BCUT2D eigenvalue weighted by molar-refractivity contribution is 7.22. The second-order valence-electron chi connectivity index (χ2n) is 6.94. The van der Waals surface area contributed by atoms with Gasteiger partial charge in [0.2, 0.25) is 0 Å². The quantitative estimate of drug-likeness (QED) is 0.402. The molecule has 0 amide bonds. The molecule has 0 aliphatic rings. The molecule has 7 heteroatoms. The Morgan fingerprint density at radius 2 is 1.93 bits per heavy atom. The molecular formula is C20H20N2O3SSi. The Morgan fingerprint density at radius 3 is 2.56 bits per heavy atom. The Kier molecular flexibility index (Phi) is 5.30. The highest BCUT2D eigenvalue weighted by Gasteiger charge is 2.23. The predicted molar refractivity (Wildman–Crippen MR) is 111 cm³/mol. The molecule has 0 unspecified atom stereocenters. The summed E-state index contributed by atoms with van der Waals surface area (Å²) in [5.41, 5.74) is 4.97. The molecule has 0 atom stereocenters. The van der Waals surface area contributed by atoms with Gasteiger partial charge in [-0.25, -0.2) is 14.8 Å². The Balaban J connectivity index is 2.26. The molecule has 1 aromatic carbocycles. The Labute approximate surface area is 163 Å². The third kappa shape index (κ3) is 4.18. The van der Waals surface area contributed by atoms with Crippen molar-refractivity contribution in [2.45, 2.75) is 26.6 Å². The first-order valence-electron chi connectivity index (χ1n) is 8.59. The van der Waals surface area contributed by atoms with Gasteiger partial charge >= 0.3 is 5.97 Å². The summed E-state index contributed by atoms with van der Waals surface area (Å²) in [6.45, 7) is 8.28. The number of ether oxygens (including phenoxy) is 1. The van der Waals surface area contributed by atoms with Gasteiger partial charge in [-0.15, -0.1) is 16.9 Å². The van der Waals surface area contributed by atoms with Crippen LogP contribution < -0.4 is 0 Å². The number of hydrogen-bond donors (Lipinski definition) is 1. The largest absolute Gasteiger partial charge is 0.504 e. The van der Waals surface area contributed by atoms with Gasteiger partial charge in [0.05, 0.1) is 6.61 Å². The van der Waals surface area contributed by atoms with Crippen LogP contribution >= 0.6 is 11.3 Å². The molecule has 2 aromatic heterocycles. The van der Waals surface area contributed by atoms with Gasteiger partial charge in [-0.1, -0.05) is 55.9 Å². The van der Waals surface area contributed by atoms with E-state index in [9.17, 15) is 9.90 Å². The van der Waals surface area contributed by atoms with E-state index in [0.29, 0.717) is 15.9 Å². The molecule has 0 aliphatic heterocycles. The Morgan fingerprint density at radius 1 is 1.22 bits per heavy atom. The van der Waals surface area contributed by atoms with E-state index in [-0.39, 0.29) is 18.1 Å². The number of benzene rings is 1. The van der Waals surface area contributed by atoms with E-state index in [4.69, 9.17) is 4.74 Å². The molecule has 5 nitrogen and oxygen atoms in total. The minimum Gasteiger partial charge on any atom is -0.504 e. The lowest BCUT2D eigenvalue weighted by Crippen LogP contribution is -2.16. The number of esters is 1. The van der Waals surface area contributed by atoms with E-state index in [2.05, 4.69) is 41.1 Å². The van der Waals surface area contributed by atoms with Crippen molar-refractivity contribution in [3.05, 3.63) is 41.7 Å². The van der Waals surface area contributed by atoms with Crippen LogP contribution in [0.1, 0.15) is 23.1 Å². The maximum atomic E-state index is 12.2. The molecule has 0 saturated carbocycles. The summed E-state index contributed by atoms with van der Waals surface area (Å²) in [5, 5.41) is 11.4. The maximum absolute atomic E-state index is 12.2. The Bertz CT molecular complexity index is 1060. The van der Waals surface area contributed by atoms with Crippen LogP contribution in [0, 0.1) is 11.5 Å². The van der Waals surface area contributed by atoms with E-state index in [1.165, 1.54) is 11.3 Å². The van der Waals surface area contributed by atoms with Crippen LogP contribution in [0.2, 0.25) is 19.6 Å². The summed E-state index contributed by atoms with van der Waals surface area (Å²) in [4.78, 5) is 21.2. The van der Waals surface area contributed by atoms with Crippen molar-refractivity contribution in [2.24, 2.45) is 0 Å². The lowest BCUT2D eigenvalue weighted by Gasteiger charge is -2.06. The molecule has 0 spiro atoms. The molecule has 0 saturated heterocycles. The molecular weight excluding hydrogens is 376 g/mol. The molecule has 0 bridgehead atoms. The molecule has 27 heavy (non-hydrogen) atoms. The third-order valence-corrected chi connectivity index (χ3v) is 5.55. The minimum atomic E-state index is -1.66. The molecule has 0 aliphatic carbocycles. The summed E-state index contributed by atoms with van der Waals surface area (Å²) in [6.07, 6.45) is 0. The van der Waals surface area contributed by atoms with Gasteiger partial charge < -0.3 is 9.84 Å². The number of nitrogens with zero attached hydrogens (tertiary/aromatic N) is 2. The van der Waals surface area contributed by atoms with Crippen LogP contribution in [0.3, 0.4) is 0 Å². The number of thiazole rings is 1. The highest BCUT2D eigenvalue weighted by atomic mass is 32.1. The lowest BCUT2D eigenvalue weighted by atomic mass is 10.2. The average molecular weight is 397 g/mol. The number of fused-ring (bicyclic) bond motifs is 1. The van der Waals surface area contributed by atoms with Crippen LogP contribution in [0.25, 0.3) is 20.8 Å². The van der Waals surface area contributed by atoms with Crippen molar-refractivity contribution in [3.63, 3.8) is 0 Å². The second-order valence-corrected chi connectivity index (χ2v) is 12.7. The van der Waals surface area contributed by atoms with Gasteiger partial charge in [0.1, 0.15) is 29.0 Å². The number of hydrogen-bond acceptors (Lipinski definition) is 6. The van der Waals surface area contributed by atoms with Gasteiger partial charge in [0.25, 0.3) is 0 Å². The van der Waals surface area contributed by atoms with E-state index >= 15 is 0 Å². The molecule has 3 aromatic rings. The molecule has 138 valence electrons. The zero-order valence-corrected chi connectivity index (χ0v) is 17.5. The van der Waals surface area contributed by atoms with Gasteiger partial charge in [-0.2, -0.15) is 0 Å². The van der Waals surface area contributed by atoms with Crippen LogP contribution in [0.4, 0.5) is 0 Å². The first-order chi connectivity index (χ1) is 12.8. The number of aromatic nitrogens is 2. The van der Waals surface area contributed by atoms with Gasteiger partial charge in [-0.05, 0) is 6.92 Å². The van der Waals surface area contributed by atoms with Crippen LogP contribution in [0.5, 0.6) is 5.75 Å². The van der Waals surface area contributed by atoms with Crippen molar-refractivity contribution in [1.82, 2.24) is 9.97 Å². The van der Waals surface area contributed by atoms with Crippen LogP contribution in [0.15, 0.2) is 30.3 Å². The second kappa shape index (κ2) is 7.51. The number of aromatic hydroxyl groups is 1. The van der Waals surface area contributed by atoms with Gasteiger partial charge in [0.15, 0.2) is 11.4 Å². The lowest BCUT2D eigenvalue weighted by molar-refractivity contribution is 0.0516. The van der Waals surface area contributed by atoms with Crippen molar-refractivity contribution < 1.29 is 14.6 Å². The SMILES string of the molecule is CCOC(=O)c1nc(C#C[Si](C)(C)C)c2nc(-c3ccccc3)sc2c1O. The van der Waals surface area contributed by atoms with Crippen molar-refractivity contribution in [1.29, 1.82) is 0 Å². The number of rotatable bonds is 3. The number of pyridine rings is 1. The summed E-state index contributed by atoms with van der Waals surface area (Å²) in [7, 11) is -1.66. The van der Waals surface area contributed by atoms with E-state index in [0.717, 1.165) is 10.6 Å². The summed E-state index contributed by atoms with van der Waals surface area (Å²) in [5.74, 6) is 2.21. The fraction of sp³-hybridized carbons (Fsp3) is 0.250. The zero-order valence-electron chi connectivity index (χ0n) is 15.7. The number of carbonyl (C=O) groups is 1. The van der Waals surface area contributed by atoms with Crippen LogP contribution in [-0.4, -0.2) is 35.7 Å². The summed E-state index contributed by atoms with van der Waals surface area (Å²) < 4.78 is 5.53. The van der Waals surface area contributed by atoms with Gasteiger partial charge in [0, 0.05) is 5.56 Å². The highest BCUT2D eigenvalue weighted by Crippen LogP contribution is 2.38. The predicted octanol–water partition coefficient (Wildman–Crippen LogP) is 4.47. The monoisotopic (exact) mass is 396 g/mol. The van der Waals surface area contributed by atoms with Crippen molar-refractivity contribution in [3.8, 4) is 27.8 Å². The van der Waals surface area contributed by atoms with Crippen molar-refractivity contribution in [2.75, 3.05) is 6.61 Å². The standard InChI is InChI=1S/C20H20N2O3SSi/c1-5-25-20(24)16-17(23)18-15(14(21-16)11-12-27(2,3)4)22-19(26-18)13-9-7-6-8-10-13/h6-10,23H,5H2,1-4H3. The van der Waals surface area contributed by atoms with E-state index in [1.807, 2.05) is 30.3 Å². The molecule has 2 heterocycles. The summed E-state index contributed by atoms with van der Waals surface area (Å²) in [6, 6.07) is 9.67. The number of carbonyl (C=O) groups excluding carboxylic acids is 1. The van der Waals surface area contributed by atoms with Crippen molar-refractivity contribution >= 4 is 35.6 Å². The van der Waals surface area contributed by atoms with Crippen LogP contribution in [-0.2, 0) is 4.74 Å². The first-order valence-corrected chi connectivity index (χ1v) is 12.9. The minimum absolute atomic E-state index is 0.118. The smallest absolute Gasteiger partial charge is 0.360 e. The molecule has 3 rings (SSSR count). The fourth-order valence-corrected chi connectivity index (χ4v) is 3.86. The van der Waals surface area contributed by atoms with E-state index in [1.54, 1.807) is 6.92 Å². The maximum Gasteiger partial charge on any atom is 0.360 e. The fourth-order valence-electron chi connectivity index (χ4n) is 2.35. The Hall–Kier alpha value is -2.69. The topological polar surface area (TPSA) is 72.3 Å². The van der Waals surface area contributed by atoms with E-state index < -0.39 is 14.0 Å². The zero-order chi connectivity index (χ0) is 19.6. The molecule has 1 N–H and O–H groups in total. The molecule has 0 fully saturated rings. The third-order valence-electron chi connectivity index (χ3n) is 3.56. The molecule has 0 radical (unpaired) electrons. The average Bonchev–Trinajstić information content (AvgIpc) is 3.07.